The van der Waals surface area contributed by atoms with Crippen molar-refractivity contribution in [3.8, 4) is 0 Å². The molecular formula is C17H19ClN2O. The molecule has 1 aliphatic rings. The van der Waals surface area contributed by atoms with Crippen molar-refractivity contribution in [2.45, 2.75) is 26.7 Å². The summed E-state index contributed by atoms with van der Waals surface area (Å²) < 4.78 is 0. The minimum atomic E-state index is -0.293. The monoisotopic (exact) mass is 302 g/mol. The maximum atomic E-state index is 12.1. The fourth-order valence-electron chi connectivity index (χ4n) is 2.25. The van der Waals surface area contributed by atoms with Gasteiger partial charge in [0.25, 0.3) is 5.91 Å². The minimum Gasteiger partial charge on any atom is -0.267 e. The van der Waals surface area contributed by atoms with Gasteiger partial charge in [-0.3, -0.25) is 4.79 Å². The number of carbonyl (C=O) groups is 1. The zero-order chi connectivity index (χ0) is 15.4. The zero-order valence-electron chi connectivity index (χ0n) is 12.3. The number of rotatable bonds is 3. The molecular weight excluding hydrogens is 284 g/mol. The number of amides is 1. The molecule has 0 heterocycles. The van der Waals surface area contributed by atoms with E-state index in [2.05, 4.69) is 23.2 Å². The van der Waals surface area contributed by atoms with Gasteiger partial charge in [0.2, 0.25) is 0 Å². The number of hydrogen-bond acceptors (Lipinski definition) is 2. The van der Waals surface area contributed by atoms with Crippen molar-refractivity contribution in [3.63, 3.8) is 0 Å². The van der Waals surface area contributed by atoms with Crippen molar-refractivity contribution < 1.29 is 4.79 Å². The van der Waals surface area contributed by atoms with Gasteiger partial charge in [0.15, 0.2) is 0 Å². The van der Waals surface area contributed by atoms with Crippen molar-refractivity contribution in [1.82, 2.24) is 5.43 Å². The van der Waals surface area contributed by atoms with E-state index in [0.717, 1.165) is 29.7 Å². The van der Waals surface area contributed by atoms with E-state index in [0.29, 0.717) is 16.5 Å². The fourth-order valence-corrected chi connectivity index (χ4v) is 2.47. The van der Waals surface area contributed by atoms with Crippen LogP contribution < -0.4 is 5.43 Å². The second-order valence-corrected chi connectivity index (χ2v) is 5.76. The second-order valence-electron chi connectivity index (χ2n) is 5.35. The third-order valence-corrected chi connectivity index (χ3v) is 4.04. The van der Waals surface area contributed by atoms with Crippen LogP contribution in [0, 0.1) is 5.92 Å². The Labute approximate surface area is 130 Å². The number of hydrogen-bond donors (Lipinski definition) is 1. The molecule has 0 fully saturated rings. The van der Waals surface area contributed by atoms with Crippen LogP contribution in [-0.4, -0.2) is 11.6 Å². The molecule has 0 saturated carbocycles. The van der Waals surface area contributed by atoms with E-state index in [1.165, 1.54) is 0 Å². The minimum absolute atomic E-state index is 0.293. The molecule has 1 atom stereocenters. The Kier molecular flexibility index (Phi) is 4.97. The Morgan fingerprint density at radius 1 is 1.43 bits per heavy atom. The molecule has 0 aromatic heterocycles. The first-order chi connectivity index (χ1) is 9.99. The predicted molar refractivity (Wildman–Crippen MR) is 87.6 cm³/mol. The van der Waals surface area contributed by atoms with Crippen LogP contribution in [-0.2, 0) is 0 Å². The maximum Gasteiger partial charge on any atom is 0.272 e. The number of carbonyl (C=O) groups excluding carboxylic acids is 1. The summed E-state index contributed by atoms with van der Waals surface area (Å²) in [7, 11) is 0. The SMILES string of the molecule is C=C(C)C1CC=C(C)C(=NNC(=O)c2ccccc2Cl)C1. The first-order valence-corrected chi connectivity index (χ1v) is 7.30. The van der Waals surface area contributed by atoms with Crippen molar-refractivity contribution in [3.05, 3.63) is 58.7 Å². The highest BCUT2D eigenvalue weighted by atomic mass is 35.5. The Morgan fingerprint density at radius 2 is 2.14 bits per heavy atom. The Bertz CT molecular complexity index is 631. The molecule has 0 radical (unpaired) electrons. The highest BCUT2D eigenvalue weighted by molar-refractivity contribution is 6.33. The summed E-state index contributed by atoms with van der Waals surface area (Å²) >= 11 is 6.00. The molecule has 3 nitrogen and oxygen atoms in total. The third kappa shape index (κ3) is 3.82. The summed E-state index contributed by atoms with van der Waals surface area (Å²) in [6.45, 7) is 8.04. The first-order valence-electron chi connectivity index (χ1n) is 6.93. The van der Waals surface area contributed by atoms with Gasteiger partial charge in [-0.25, -0.2) is 5.43 Å². The molecule has 1 aromatic rings. The molecule has 1 unspecified atom stereocenters. The van der Waals surface area contributed by atoms with Gasteiger partial charge in [-0.05, 0) is 50.3 Å². The largest absolute Gasteiger partial charge is 0.272 e. The average molecular weight is 303 g/mol. The molecule has 0 spiro atoms. The second kappa shape index (κ2) is 6.72. The van der Waals surface area contributed by atoms with Crippen molar-refractivity contribution >= 4 is 23.2 Å². The normalized spacial score (nSPS) is 20.0. The van der Waals surface area contributed by atoms with E-state index in [1.807, 2.05) is 13.8 Å². The lowest BCUT2D eigenvalue weighted by Gasteiger charge is -2.22. The number of benzene rings is 1. The summed E-state index contributed by atoms with van der Waals surface area (Å²) in [5.74, 6) is 0.100. The lowest BCUT2D eigenvalue weighted by atomic mass is 9.85. The molecule has 0 bridgehead atoms. The quantitative estimate of drug-likeness (QED) is 0.654. The summed E-state index contributed by atoms with van der Waals surface area (Å²) in [5.41, 5.74) is 6.17. The van der Waals surface area contributed by atoms with Crippen LogP contribution in [0.15, 0.2) is 53.2 Å². The van der Waals surface area contributed by atoms with Gasteiger partial charge < -0.3 is 0 Å². The van der Waals surface area contributed by atoms with Crippen LogP contribution in [0.2, 0.25) is 5.02 Å². The number of halogens is 1. The third-order valence-electron chi connectivity index (χ3n) is 3.71. The van der Waals surface area contributed by atoms with E-state index < -0.39 is 0 Å². The van der Waals surface area contributed by atoms with E-state index >= 15 is 0 Å². The maximum absolute atomic E-state index is 12.1. The van der Waals surface area contributed by atoms with Crippen molar-refractivity contribution in [1.29, 1.82) is 0 Å². The van der Waals surface area contributed by atoms with Gasteiger partial charge in [-0.1, -0.05) is 42.0 Å². The highest BCUT2D eigenvalue weighted by Gasteiger charge is 2.19. The van der Waals surface area contributed by atoms with Gasteiger partial charge in [0, 0.05) is 0 Å². The molecule has 0 aliphatic heterocycles. The van der Waals surface area contributed by atoms with Crippen molar-refractivity contribution in [2.75, 3.05) is 0 Å². The Hall–Kier alpha value is -1.87. The van der Waals surface area contributed by atoms with Crippen LogP contribution in [0.3, 0.4) is 0 Å². The summed E-state index contributed by atoms with van der Waals surface area (Å²) in [6, 6.07) is 6.93. The molecule has 0 saturated heterocycles. The zero-order valence-corrected chi connectivity index (χ0v) is 13.1. The fraction of sp³-hybridized carbons (Fsp3) is 0.294. The first kappa shape index (κ1) is 15.5. The standard InChI is InChI=1S/C17H19ClN2O/c1-11(2)13-9-8-12(3)16(10-13)19-20-17(21)14-6-4-5-7-15(14)18/h4-8,13H,1,9-10H2,2-3H3,(H,20,21). The topological polar surface area (TPSA) is 41.5 Å². The van der Waals surface area contributed by atoms with E-state index in [1.54, 1.807) is 24.3 Å². The summed E-state index contributed by atoms with van der Waals surface area (Å²) in [6.07, 6.45) is 3.93. The molecule has 1 aliphatic carbocycles. The molecule has 1 aromatic carbocycles. The van der Waals surface area contributed by atoms with E-state index in [-0.39, 0.29) is 5.91 Å². The van der Waals surface area contributed by atoms with Gasteiger partial charge in [0.05, 0.1) is 16.3 Å². The smallest absolute Gasteiger partial charge is 0.267 e. The lowest BCUT2D eigenvalue weighted by Crippen LogP contribution is -2.23. The number of allylic oxidation sites excluding steroid dienone is 3. The lowest BCUT2D eigenvalue weighted by molar-refractivity contribution is 0.0955. The number of nitrogens with zero attached hydrogens (tertiary/aromatic N) is 1. The van der Waals surface area contributed by atoms with Crippen LogP contribution in [0.5, 0.6) is 0 Å². The Balaban J connectivity index is 2.12. The van der Waals surface area contributed by atoms with E-state index in [9.17, 15) is 4.79 Å². The summed E-state index contributed by atoms with van der Waals surface area (Å²) in [5, 5.41) is 4.69. The molecule has 21 heavy (non-hydrogen) atoms. The van der Waals surface area contributed by atoms with Gasteiger partial charge in [-0.15, -0.1) is 0 Å². The summed E-state index contributed by atoms with van der Waals surface area (Å²) in [4.78, 5) is 12.1. The predicted octanol–water partition coefficient (Wildman–Crippen LogP) is 4.36. The Morgan fingerprint density at radius 3 is 2.81 bits per heavy atom. The van der Waals surface area contributed by atoms with Crippen LogP contribution in [0.1, 0.15) is 37.0 Å². The van der Waals surface area contributed by atoms with Crippen LogP contribution >= 0.6 is 11.6 Å². The molecule has 1 N–H and O–H groups in total. The average Bonchev–Trinajstić information content (AvgIpc) is 2.46. The molecule has 110 valence electrons. The van der Waals surface area contributed by atoms with Gasteiger partial charge >= 0.3 is 0 Å². The van der Waals surface area contributed by atoms with Crippen LogP contribution in [0.4, 0.5) is 0 Å². The highest BCUT2D eigenvalue weighted by Crippen LogP contribution is 2.26. The molecule has 4 heteroatoms. The number of hydrazone groups is 1. The van der Waals surface area contributed by atoms with Gasteiger partial charge in [0.1, 0.15) is 0 Å². The van der Waals surface area contributed by atoms with Crippen molar-refractivity contribution in [2.24, 2.45) is 11.0 Å². The van der Waals surface area contributed by atoms with Crippen LogP contribution in [0.25, 0.3) is 0 Å². The molecule has 1 amide bonds. The van der Waals surface area contributed by atoms with E-state index in [4.69, 9.17) is 11.6 Å². The molecule has 2 rings (SSSR count). The number of nitrogens with one attached hydrogen (secondary N) is 1. The van der Waals surface area contributed by atoms with Gasteiger partial charge in [-0.2, -0.15) is 5.10 Å².